The van der Waals surface area contributed by atoms with Gasteiger partial charge in [-0.15, -0.1) is 0 Å². The Morgan fingerprint density at radius 2 is 1.86 bits per heavy atom. The normalized spacial score (nSPS) is 19.8. The molecule has 0 bridgehead atoms. The first-order valence-electron chi connectivity index (χ1n) is 10.6. The summed E-state index contributed by atoms with van der Waals surface area (Å²) in [6.07, 6.45) is 5.00. The van der Waals surface area contributed by atoms with E-state index in [0.717, 1.165) is 42.2 Å². The molecular weight excluding hydrogens is 362 g/mol. The quantitative estimate of drug-likeness (QED) is 0.740. The number of likely N-dealkylation sites (tertiary alicyclic amines) is 1. The molecule has 152 valence electrons. The number of nitrogens with zero attached hydrogens (tertiary/aromatic N) is 3. The lowest BCUT2D eigenvalue weighted by atomic mass is 9.98. The van der Waals surface area contributed by atoms with Crippen molar-refractivity contribution in [2.45, 2.75) is 38.1 Å². The maximum atomic E-state index is 13.2. The highest BCUT2D eigenvalue weighted by Gasteiger charge is 2.33. The van der Waals surface area contributed by atoms with Crippen molar-refractivity contribution in [2.24, 2.45) is 5.10 Å². The van der Waals surface area contributed by atoms with E-state index in [9.17, 15) is 4.79 Å². The molecule has 1 amide bonds. The number of hydrogen-bond donors (Lipinski definition) is 0. The summed E-state index contributed by atoms with van der Waals surface area (Å²) in [5.41, 5.74) is 3.10. The summed E-state index contributed by atoms with van der Waals surface area (Å²) in [6.45, 7) is 3.02. The Morgan fingerprint density at radius 3 is 2.62 bits per heavy atom. The lowest BCUT2D eigenvalue weighted by molar-refractivity contribution is -0.133. The zero-order valence-electron chi connectivity index (χ0n) is 17.1. The van der Waals surface area contributed by atoms with Gasteiger partial charge >= 0.3 is 0 Å². The molecule has 29 heavy (non-hydrogen) atoms. The third-order valence-electron chi connectivity index (χ3n) is 5.84. The second-order valence-corrected chi connectivity index (χ2v) is 7.80. The van der Waals surface area contributed by atoms with E-state index in [0.29, 0.717) is 12.8 Å². The van der Waals surface area contributed by atoms with Crippen LogP contribution in [0.1, 0.15) is 49.3 Å². The van der Waals surface area contributed by atoms with Crippen LogP contribution in [0.2, 0.25) is 0 Å². The molecule has 2 aromatic rings. The molecule has 0 saturated carbocycles. The second kappa shape index (κ2) is 9.23. The number of piperidine rings is 1. The molecule has 0 radical (unpaired) electrons. The SMILES string of the molecule is COc1cccc(C2CC(c3ccccc3)=NN2C(=O)CCN2CCCCC2)c1. The van der Waals surface area contributed by atoms with E-state index < -0.39 is 0 Å². The molecule has 1 fully saturated rings. The number of carbonyl (C=O) groups excluding carboxylic acids is 1. The zero-order chi connectivity index (χ0) is 20.1. The minimum absolute atomic E-state index is 0.0887. The van der Waals surface area contributed by atoms with E-state index in [-0.39, 0.29) is 11.9 Å². The standard InChI is InChI=1S/C24H29N3O2/c1-29-21-12-8-11-20(17-21)23-18-22(19-9-4-2-5-10-19)25-27(23)24(28)13-16-26-14-6-3-7-15-26/h2,4-5,8-12,17,23H,3,6-7,13-16,18H2,1H3. The van der Waals surface area contributed by atoms with Crippen LogP contribution in [0, 0.1) is 0 Å². The smallest absolute Gasteiger partial charge is 0.244 e. The predicted octanol–water partition coefficient (Wildman–Crippen LogP) is 4.25. The highest BCUT2D eigenvalue weighted by Crippen LogP contribution is 2.34. The van der Waals surface area contributed by atoms with Crippen LogP contribution in [0.3, 0.4) is 0 Å². The second-order valence-electron chi connectivity index (χ2n) is 7.80. The Kier molecular flexibility index (Phi) is 6.25. The molecule has 0 aliphatic carbocycles. The van der Waals surface area contributed by atoms with E-state index in [1.165, 1.54) is 19.3 Å². The number of methoxy groups -OCH3 is 1. The fourth-order valence-electron chi connectivity index (χ4n) is 4.21. The molecule has 0 spiro atoms. The lowest BCUT2D eigenvalue weighted by Crippen LogP contribution is -2.35. The number of hydrogen-bond acceptors (Lipinski definition) is 4. The summed E-state index contributed by atoms with van der Waals surface area (Å²) in [6, 6.07) is 18.0. The minimum Gasteiger partial charge on any atom is -0.497 e. The van der Waals surface area contributed by atoms with Gasteiger partial charge in [0.15, 0.2) is 0 Å². The fourth-order valence-corrected chi connectivity index (χ4v) is 4.21. The van der Waals surface area contributed by atoms with Crippen LogP contribution in [-0.2, 0) is 4.79 Å². The van der Waals surface area contributed by atoms with Gasteiger partial charge in [0.1, 0.15) is 5.75 Å². The minimum atomic E-state index is -0.0887. The van der Waals surface area contributed by atoms with Crippen molar-refractivity contribution in [3.05, 3.63) is 65.7 Å². The molecule has 2 aliphatic rings. The molecule has 2 heterocycles. The van der Waals surface area contributed by atoms with Crippen molar-refractivity contribution < 1.29 is 9.53 Å². The van der Waals surface area contributed by atoms with E-state index in [1.807, 2.05) is 36.4 Å². The van der Waals surface area contributed by atoms with Gasteiger partial charge in [-0.1, -0.05) is 48.9 Å². The van der Waals surface area contributed by atoms with Crippen LogP contribution in [0.15, 0.2) is 59.7 Å². The van der Waals surface area contributed by atoms with Gasteiger partial charge in [-0.2, -0.15) is 5.10 Å². The average molecular weight is 392 g/mol. The number of amides is 1. The van der Waals surface area contributed by atoms with Crippen molar-refractivity contribution in [1.29, 1.82) is 0 Å². The van der Waals surface area contributed by atoms with Gasteiger partial charge in [0.2, 0.25) is 5.91 Å². The van der Waals surface area contributed by atoms with Gasteiger partial charge in [-0.3, -0.25) is 4.79 Å². The summed E-state index contributed by atoms with van der Waals surface area (Å²) >= 11 is 0. The zero-order valence-corrected chi connectivity index (χ0v) is 17.1. The van der Waals surface area contributed by atoms with Crippen molar-refractivity contribution in [3.63, 3.8) is 0 Å². The van der Waals surface area contributed by atoms with Crippen molar-refractivity contribution in [2.75, 3.05) is 26.7 Å². The number of carbonyl (C=O) groups is 1. The Bertz CT molecular complexity index is 859. The Balaban J connectivity index is 1.54. The molecule has 2 aliphatic heterocycles. The van der Waals surface area contributed by atoms with E-state index >= 15 is 0 Å². The molecule has 5 nitrogen and oxygen atoms in total. The molecule has 1 saturated heterocycles. The highest BCUT2D eigenvalue weighted by atomic mass is 16.5. The van der Waals surface area contributed by atoms with Crippen molar-refractivity contribution in [1.82, 2.24) is 9.91 Å². The van der Waals surface area contributed by atoms with E-state index in [4.69, 9.17) is 9.84 Å². The van der Waals surface area contributed by atoms with Crippen LogP contribution in [-0.4, -0.2) is 48.3 Å². The maximum Gasteiger partial charge on any atom is 0.244 e. The van der Waals surface area contributed by atoms with Crippen LogP contribution < -0.4 is 4.74 Å². The van der Waals surface area contributed by atoms with Crippen LogP contribution in [0.25, 0.3) is 0 Å². The highest BCUT2D eigenvalue weighted by molar-refractivity contribution is 6.03. The van der Waals surface area contributed by atoms with Gasteiger partial charge in [0.25, 0.3) is 0 Å². The third kappa shape index (κ3) is 4.67. The molecular formula is C24H29N3O2. The van der Waals surface area contributed by atoms with Crippen LogP contribution >= 0.6 is 0 Å². The van der Waals surface area contributed by atoms with Gasteiger partial charge < -0.3 is 9.64 Å². The van der Waals surface area contributed by atoms with Gasteiger partial charge in [-0.25, -0.2) is 5.01 Å². The summed E-state index contributed by atoms with van der Waals surface area (Å²) in [5.74, 6) is 0.894. The fraction of sp³-hybridized carbons (Fsp3) is 0.417. The first kappa shape index (κ1) is 19.6. The van der Waals surface area contributed by atoms with Gasteiger partial charge in [-0.05, 0) is 49.2 Å². The van der Waals surface area contributed by atoms with Crippen LogP contribution in [0.5, 0.6) is 5.75 Å². The first-order chi connectivity index (χ1) is 14.2. The predicted molar refractivity (Wildman–Crippen MR) is 115 cm³/mol. The lowest BCUT2D eigenvalue weighted by Gasteiger charge is -2.27. The molecule has 4 rings (SSSR count). The van der Waals surface area contributed by atoms with E-state index in [2.05, 4.69) is 23.1 Å². The van der Waals surface area contributed by atoms with Crippen LogP contribution in [0.4, 0.5) is 0 Å². The first-order valence-corrected chi connectivity index (χ1v) is 10.6. The Morgan fingerprint density at radius 1 is 1.07 bits per heavy atom. The molecule has 0 aromatic heterocycles. The van der Waals surface area contributed by atoms with Crippen molar-refractivity contribution >= 4 is 11.6 Å². The summed E-state index contributed by atoms with van der Waals surface area (Å²) in [4.78, 5) is 15.6. The molecule has 1 atom stereocenters. The molecule has 5 heteroatoms. The largest absolute Gasteiger partial charge is 0.497 e. The number of hydrazone groups is 1. The van der Waals surface area contributed by atoms with Crippen molar-refractivity contribution in [3.8, 4) is 5.75 Å². The summed E-state index contributed by atoms with van der Waals surface area (Å²) in [7, 11) is 1.67. The van der Waals surface area contributed by atoms with Gasteiger partial charge in [0.05, 0.1) is 18.9 Å². The van der Waals surface area contributed by atoms with E-state index in [1.54, 1.807) is 12.1 Å². The third-order valence-corrected chi connectivity index (χ3v) is 5.84. The maximum absolute atomic E-state index is 13.2. The Hall–Kier alpha value is -2.66. The Labute approximate surface area is 173 Å². The monoisotopic (exact) mass is 391 g/mol. The number of rotatable bonds is 6. The topological polar surface area (TPSA) is 45.1 Å². The average Bonchev–Trinajstić information content (AvgIpc) is 3.24. The molecule has 2 aromatic carbocycles. The summed E-state index contributed by atoms with van der Waals surface area (Å²) < 4.78 is 5.40. The molecule has 0 N–H and O–H groups in total. The number of ether oxygens (including phenoxy) is 1. The van der Waals surface area contributed by atoms with Gasteiger partial charge in [0, 0.05) is 19.4 Å². The molecule has 1 unspecified atom stereocenters. The number of benzene rings is 2. The summed E-state index contributed by atoms with van der Waals surface area (Å²) in [5, 5.41) is 6.49.